The van der Waals surface area contributed by atoms with Crippen molar-refractivity contribution >= 4 is 12.0 Å². The molecule has 2 aromatic rings. The van der Waals surface area contributed by atoms with Crippen LogP contribution in [0.3, 0.4) is 0 Å². The molecule has 132 valence electrons. The summed E-state index contributed by atoms with van der Waals surface area (Å²) in [4.78, 5) is 14.2. The first-order valence-electron chi connectivity index (χ1n) is 8.86. The van der Waals surface area contributed by atoms with E-state index in [0.717, 1.165) is 37.1 Å². The lowest BCUT2D eigenvalue weighted by Crippen LogP contribution is -2.28. The third kappa shape index (κ3) is 4.31. The second-order valence-electron chi connectivity index (χ2n) is 6.48. The van der Waals surface area contributed by atoms with E-state index in [1.54, 1.807) is 11.0 Å². The van der Waals surface area contributed by atoms with E-state index < -0.39 is 0 Å². The molecule has 0 saturated carbocycles. The van der Waals surface area contributed by atoms with Gasteiger partial charge in [-0.25, -0.2) is 0 Å². The summed E-state index contributed by atoms with van der Waals surface area (Å²) in [6.07, 6.45) is 3.63. The Morgan fingerprint density at radius 1 is 1.19 bits per heavy atom. The number of nitriles is 1. The van der Waals surface area contributed by atoms with Crippen LogP contribution in [0.4, 0.5) is 0 Å². The summed E-state index contributed by atoms with van der Waals surface area (Å²) >= 11 is 0. The molecule has 0 bridgehead atoms. The van der Waals surface area contributed by atoms with Gasteiger partial charge in [0, 0.05) is 18.7 Å². The molecule has 4 nitrogen and oxygen atoms in total. The Kier molecular flexibility index (Phi) is 5.70. The van der Waals surface area contributed by atoms with Gasteiger partial charge in [0.15, 0.2) is 0 Å². The molecule has 4 heteroatoms. The van der Waals surface area contributed by atoms with E-state index in [9.17, 15) is 10.1 Å². The van der Waals surface area contributed by atoms with Crippen LogP contribution in [0, 0.1) is 18.3 Å². The number of hydrogen-bond acceptors (Lipinski definition) is 3. The maximum absolute atomic E-state index is 12.5. The normalized spacial score (nSPS) is 14.2. The van der Waals surface area contributed by atoms with Gasteiger partial charge in [-0.1, -0.05) is 48.0 Å². The molecule has 1 amide bonds. The van der Waals surface area contributed by atoms with Crippen molar-refractivity contribution in [2.45, 2.75) is 26.4 Å². The topological polar surface area (TPSA) is 53.3 Å². The van der Waals surface area contributed by atoms with Crippen molar-refractivity contribution in [1.82, 2.24) is 4.90 Å². The fourth-order valence-electron chi connectivity index (χ4n) is 3.08. The lowest BCUT2D eigenvalue weighted by molar-refractivity contribution is -0.125. The van der Waals surface area contributed by atoms with Gasteiger partial charge in [0.25, 0.3) is 5.91 Å². The van der Waals surface area contributed by atoms with Crippen molar-refractivity contribution in [3.8, 4) is 11.8 Å². The predicted molar refractivity (Wildman–Crippen MR) is 101 cm³/mol. The quantitative estimate of drug-likeness (QED) is 0.605. The van der Waals surface area contributed by atoms with Crippen molar-refractivity contribution in [1.29, 1.82) is 5.26 Å². The zero-order chi connectivity index (χ0) is 18.4. The van der Waals surface area contributed by atoms with Crippen LogP contribution in [0.25, 0.3) is 6.08 Å². The van der Waals surface area contributed by atoms with E-state index in [1.165, 1.54) is 5.56 Å². The van der Waals surface area contributed by atoms with Crippen LogP contribution in [0.15, 0.2) is 54.1 Å². The molecule has 0 radical (unpaired) electrons. The van der Waals surface area contributed by atoms with Gasteiger partial charge in [-0.3, -0.25) is 4.79 Å². The van der Waals surface area contributed by atoms with Crippen molar-refractivity contribution in [2.75, 3.05) is 13.1 Å². The molecule has 1 aliphatic heterocycles. The molecule has 1 fully saturated rings. The number of aryl methyl sites for hydroxylation is 1. The predicted octanol–water partition coefficient (Wildman–Crippen LogP) is 4.10. The molecule has 0 N–H and O–H groups in total. The minimum Gasteiger partial charge on any atom is -0.488 e. The summed E-state index contributed by atoms with van der Waals surface area (Å²) in [5, 5.41) is 9.44. The monoisotopic (exact) mass is 346 g/mol. The average molecular weight is 346 g/mol. The second kappa shape index (κ2) is 8.35. The van der Waals surface area contributed by atoms with Crippen LogP contribution in [0.2, 0.25) is 0 Å². The number of benzene rings is 2. The van der Waals surface area contributed by atoms with Gasteiger partial charge in [-0.2, -0.15) is 5.26 Å². The Bertz CT molecular complexity index is 858. The number of likely N-dealkylation sites (tertiary alicyclic amines) is 1. The van der Waals surface area contributed by atoms with E-state index in [4.69, 9.17) is 4.74 Å². The Hall–Kier alpha value is -3.06. The third-order valence-corrected chi connectivity index (χ3v) is 4.44. The summed E-state index contributed by atoms with van der Waals surface area (Å²) < 4.78 is 5.95. The van der Waals surface area contributed by atoms with Gasteiger partial charge >= 0.3 is 0 Å². The first-order valence-corrected chi connectivity index (χ1v) is 8.86. The summed E-state index contributed by atoms with van der Waals surface area (Å²) in [5.41, 5.74) is 3.16. The highest BCUT2D eigenvalue weighted by Crippen LogP contribution is 2.23. The van der Waals surface area contributed by atoms with Gasteiger partial charge in [0.05, 0.1) is 0 Å². The summed E-state index contributed by atoms with van der Waals surface area (Å²) in [6, 6.07) is 17.7. The zero-order valence-corrected chi connectivity index (χ0v) is 14.9. The number of carbonyl (C=O) groups excluding carboxylic acids is 1. The molecule has 1 aliphatic rings. The molecule has 0 aromatic heterocycles. The number of nitrogens with zero attached hydrogens (tertiary/aromatic N) is 2. The molecule has 0 aliphatic carbocycles. The average Bonchev–Trinajstić information content (AvgIpc) is 3.19. The Morgan fingerprint density at radius 3 is 2.69 bits per heavy atom. The lowest BCUT2D eigenvalue weighted by Gasteiger charge is -2.15. The van der Waals surface area contributed by atoms with Crippen LogP contribution in [-0.4, -0.2) is 23.9 Å². The van der Waals surface area contributed by atoms with Gasteiger partial charge in [0.2, 0.25) is 0 Å². The van der Waals surface area contributed by atoms with Crippen molar-refractivity contribution in [3.05, 3.63) is 70.8 Å². The van der Waals surface area contributed by atoms with Crippen LogP contribution >= 0.6 is 0 Å². The van der Waals surface area contributed by atoms with Crippen LogP contribution in [0.5, 0.6) is 5.75 Å². The standard InChI is InChI=1S/C22H22N2O2/c1-17-7-6-8-18(13-17)16-26-21-10-3-2-9-19(21)14-20(15-23)22(25)24-11-4-5-12-24/h2-3,6-10,13-14H,4-5,11-12,16H2,1H3/b20-14+. The molecule has 0 atom stereocenters. The van der Waals surface area contributed by atoms with Crippen LogP contribution in [-0.2, 0) is 11.4 Å². The fraction of sp³-hybridized carbons (Fsp3) is 0.273. The number of rotatable bonds is 5. The second-order valence-corrected chi connectivity index (χ2v) is 6.48. The highest BCUT2D eigenvalue weighted by molar-refractivity contribution is 6.02. The van der Waals surface area contributed by atoms with E-state index in [2.05, 4.69) is 12.1 Å². The molecule has 0 unspecified atom stereocenters. The molecule has 1 heterocycles. The maximum atomic E-state index is 12.5. The number of ether oxygens (including phenoxy) is 1. The summed E-state index contributed by atoms with van der Waals surface area (Å²) in [6.45, 7) is 3.94. The largest absolute Gasteiger partial charge is 0.488 e. The Balaban J connectivity index is 1.79. The van der Waals surface area contributed by atoms with Crippen LogP contribution < -0.4 is 4.74 Å². The minimum atomic E-state index is -0.196. The Labute approximate surface area is 154 Å². The molecular formula is C22H22N2O2. The number of amides is 1. The fourth-order valence-corrected chi connectivity index (χ4v) is 3.08. The summed E-state index contributed by atoms with van der Waals surface area (Å²) in [5.74, 6) is 0.467. The molecule has 2 aromatic carbocycles. The molecular weight excluding hydrogens is 324 g/mol. The smallest absolute Gasteiger partial charge is 0.264 e. The number of hydrogen-bond donors (Lipinski definition) is 0. The highest BCUT2D eigenvalue weighted by atomic mass is 16.5. The molecule has 0 spiro atoms. The first-order chi connectivity index (χ1) is 12.7. The van der Waals surface area contributed by atoms with E-state index in [1.807, 2.05) is 49.4 Å². The first kappa shape index (κ1) is 17.8. The third-order valence-electron chi connectivity index (χ3n) is 4.44. The Morgan fingerprint density at radius 2 is 1.96 bits per heavy atom. The zero-order valence-electron chi connectivity index (χ0n) is 14.9. The number of para-hydroxylation sites is 1. The van der Waals surface area contributed by atoms with E-state index in [-0.39, 0.29) is 11.5 Å². The highest BCUT2D eigenvalue weighted by Gasteiger charge is 2.21. The van der Waals surface area contributed by atoms with Gasteiger partial charge < -0.3 is 9.64 Å². The van der Waals surface area contributed by atoms with Crippen molar-refractivity contribution in [2.24, 2.45) is 0 Å². The molecule has 26 heavy (non-hydrogen) atoms. The van der Waals surface area contributed by atoms with Crippen LogP contribution in [0.1, 0.15) is 29.5 Å². The van der Waals surface area contributed by atoms with Gasteiger partial charge in [-0.05, 0) is 37.5 Å². The minimum absolute atomic E-state index is 0.151. The molecule has 1 saturated heterocycles. The molecule has 3 rings (SSSR count). The van der Waals surface area contributed by atoms with Crippen molar-refractivity contribution < 1.29 is 9.53 Å². The lowest BCUT2D eigenvalue weighted by atomic mass is 10.1. The van der Waals surface area contributed by atoms with E-state index >= 15 is 0 Å². The summed E-state index contributed by atoms with van der Waals surface area (Å²) in [7, 11) is 0. The SMILES string of the molecule is Cc1cccc(COc2ccccc2/C=C(\C#N)C(=O)N2CCCC2)c1. The van der Waals surface area contributed by atoms with Crippen molar-refractivity contribution in [3.63, 3.8) is 0 Å². The van der Waals surface area contributed by atoms with E-state index in [0.29, 0.717) is 12.4 Å². The van der Waals surface area contributed by atoms with Gasteiger partial charge in [0.1, 0.15) is 24.0 Å². The van der Waals surface area contributed by atoms with Gasteiger partial charge in [-0.15, -0.1) is 0 Å². The maximum Gasteiger partial charge on any atom is 0.264 e. The number of carbonyl (C=O) groups is 1.